The first-order chi connectivity index (χ1) is 7.50. The zero-order valence-electron chi connectivity index (χ0n) is 10.5. The summed E-state index contributed by atoms with van der Waals surface area (Å²) in [5.41, 5.74) is 0. The van der Waals surface area contributed by atoms with Gasteiger partial charge in [-0.1, -0.05) is 26.7 Å². The van der Waals surface area contributed by atoms with Gasteiger partial charge in [0.1, 0.15) is 0 Å². The molecule has 1 atom stereocenters. The summed E-state index contributed by atoms with van der Waals surface area (Å²) in [5.74, 6) is 0.694. The third kappa shape index (κ3) is 3.83. The number of rotatable bonds is 5. The zero-order chi connectivity index (χ0) is 12.1. The Morgan fingerprint density at radius 3 is 2.56 bits per heavy atom. The number of hydrogen-bond acceptors (Lipinski definition) is 2. The molecular weight excluding hydrogens is 204 g/mol. The number of nitrogens with one attached hydrogen (secondary N) is 1. The summed E-state index contributed by atoms with van der Waals surface area (Å²) in [6.45, 7) is 6.81. The van der Waals surface area contributed by atoms with E-state index in [2.05, 4.69) is 19.2 Å². The van der Waals surface area contributed by atoms with Gasteiger partial charge in [-0.05, 0) is 19.3 Å². The van der Waals surface area contributed by atoms with Crippen LogP contribution in [0.15, 0.2) is 0 Å². The smallest absolute Gasteiger partial charge is 0.242 e. The lowest BCUT2D eigenvalue weighted by atomic mass is 10.0. The average Bonchev–Trinajstić information content (AvgIpc) is 2.21. The summed E-state index contributed by atoms with van der Waals surface area (Å²) in [6.07, 6.45) is 3.28. The molecule has 1 unspecified atom stereocenters. The molecule has 0 aromatic rings. The van der Waals surface area contributed by atoms with Crippen molar-refractivity contribution >= 4 is 11.8 Å². The molecule has 0 aromatic carbocycles. The van der Waals surface area contributed by atoms with Crippen molar-refractivity contribution in [1.29, 1.82) is 0 Å². The number of amides is 2. The maximum Gasteiger partial charge on any atom is 0.242 e. The molecular formula is C12H22N2O2. The van der Waals surface area contributed by atoms with Crippen LogP contribution in [0.25, 0.3) is 0 Å². The minimum atomic E-state index is -0.0460. The fourth-order valence-electron chi connectivity index (χ4n) is 1.95. The molecule has 0 saturated carbocycles. The van der Waals surface area contributed by atoms with Crippen LogP contribution in [-0.2, 0) is 9.59 Å². The number of carbonyl (C=O) groups excluding carboxylic acids is 2. The molecule has 0 aliphatic carbocycles. The molecule has 0 aromatic heterocycles. The van der Waals surface area contributed by atoms with Crippen LogP contribution >= 0.6 is 0 Å². The molecule has 16 heavy (non-hydrogen) atoms. The van der Waals surface area contributed by atoms with Gasteiger partial charge in [-0.25, -0.2) is 0 Å². The Kier molecular flexibility index (Phi) is 4.77. The van der Waals surface area contributed by atoms with E-state index < -0.39 is 0 Å². The minimum Gasteiger partial charge on any atom is -0.345 e. The normalized spacial score (nSPS) is 18.9. The highest BCUT2D eigenvalue weighted by atomic mass is 16.2. The van der Waals surface area contributed by atoms with Crippen LogP contribution < -0.4 is 5.32 Å². The molecule has 92 valence electrons. The first kappa shape index (κ1) is 13.0. The Morgan fingerprint density at radius 1 is 1.25 bits per heavy atom. The van der Waals surface area contributed by atoms with Gasteiger partial charge in [0.2, 0.25) is 11.8 Å². The molecule has 1 heterocycles. The van der Waals surface area contributed by atoms with Crippen LogP contribution in [0.5, 0.6) is 0 Å². The van der Waals surface area contributed by atoms with E-state index in [4.69, 9.17) is 0 Å². The Hall–Kier alpha value is -1.06. The van der Waals surface area contributed by atoms with Gasteiger partial charge in [-0.2, -0.15) is 0 Å². The van der Waals surface area contributed by atoms with Crippen molar-refractivity contribution in [1.82, 2.24) is 10.2 Å². The summed E-state index contributed by atoms with van der Waals surface area (Å²) < 4.78 is 0. The lowest BCUT2D eigenvalue weighted by molar-refractivity contribution is -0.142. The highest BCUT2D eigenvalue weighted by Gasteiger charge is 2.26. The van der Waals surface area contributed by atoms with E-state index in [1.54, 1.807) is 4.90 Å². The summed E-state index contributed by atoms with van der Waals surface area (Å²) in [6, 6.07) is 0.178. The van der Waals surface area contributed by atoms with E-state index in [9.17, 15) is 9.59 Å². The second-order valence-corrected chi connectivity index (χ2v) is 4.97. The van der Waals surface area contributed by atoms with Crippen molar-refractivity contribution in [3.05, 3.63) is 0 Å². The third-order valence-corrected chi connectivity index (χ3v) is 3.01. The topological polar surface area (TPSA) is 49.4 Å². The molecule has 1 rings (SSSR count). The largest absolute Gasteiger partial charge is 0.345 e. The molecule has 0 bridgehead atoms. The van der Waals surface area contributed by atoms with Crippen LogP contribution in [0.2, 0.25) is 0 Å². The lowest BCUT2D eigenvalue weighted by Gasteiger charge is -2.32. The summed E-state index contributed by atoms with van der Waals surface area (Å²) in [7, 11) is 0. The third-order valence-electron chi connectivity index (χ3n) is 3.01. The van der Waals surface area contributed by atoms with Crippen LogP contribution in [0.4, 0.5) is 0 Å². The Labute approximate surface area is 97.4 Å². The van der Waals surface area contributed by atoms with Crippen LogP contribution in [0.3, 0.4) is 0 Å². The van der Waals surface area contributed by atoms with Crippen molar-refractivity contribution in [2.75, 3.05) is 13.1 Å². The summed E-state index contributed by atoms with van der Waals surface area (Å²) >= 11 is 0. The standard InChI is InChI=1S/C12H22N2O2/c1-9(2)5-4-6-10(3)14-8-11(15)13-7-12(14)16/h9-10H,4-8H2,1-3H3,(H,13,15). The van der Waals surface area contributed by atoms with Crippen molar-refractivity contribution in [2.24, 2.45) is 5.92 Å². The van der Waals surface area contributed by atoms with E-state index in [1.165, 1.54) is 6.42 Å². The molecule has 1 aliphatic rings. The second kappa shape index (κ2) is 5.87. The maximum absolute atomic E-state index is 11.6. The molecule has 0 radical (unpaired) electrons. The highest BCUT2D eigenvalue weighted by Crippen LogP contribution is 2.13. The predicted molar refractivity (Wildman–Crippen MR) is 62.9 cm³/mol. The van der Waals surface area contributed by atoms with Gasteiger partial charge < -0.3 is 10.2 Å². The van der Waals surface area contributed by atoms with Gasteiger partial charge in [0, 0.05) is 6.04 Å². The first-order valence-corrected chi connectivity index (χ1v) is 6.07. The van der Waals surface area contributed by atoms with Crippen molar-refractivity contribution in [3.63, 3.8) is 0 Å². The molecule has 1 aliphatic heterocycles. The molecule has 1 N–H and O–H groups in total. The van der Waals surface area contributed by atoms with Gasteiger partial charge in [0.05, 0.1) is 13.1 Å². The maximum atomic E-state index is 11.6. The van der Waals surface area contributed by atoms with Gasteiger partial charge in [0.15, 0.2) is 0 Å². The summed E-state index contributed by atoms with van der Waals surface area (Å²) in [4.78, 5) is 24.5. The molecule has 4 nitrogen and oxygen atoms in total. The molecule has 1 saturated heterocycles. The predicted octanol–water partition coefficient (Wildman–Crippen LogP) is 1.16. The second-order valence-electron chi connectivity index (χ2n) is 4.97. The Bertz CT molecular complexity index is 264. The van der Waals surface area contributed by atoms with Crippen LogP contribution in [-0.4, -0.2) is 35.8 Å². The van der Waals surface area contributed by atoms with Crippen LogP contribution in [0.1, 0.15) is 40.0 Å². The van der Waals surface area contributed by atoms with E-state index in [0.29, 0.717) is 5.92 Å². The SMILES string of the molecule is CC(C)CCCC(C)N1CC(=O)NCC1=O. The lowest BCUT2D eigenvalue weighted by Crippen LogP contribution is -2.54. The van der Waals surface area contributed by atoms with Crippen molar-refractivity contribution in [2.45, 2.75) is 46.1 Å². The fourth-order valence-corrected chi connectivity index (χ4v) is 1.95. The Balaban J connectivity index is 2.36. The molecule has 4 heteroatoms. The zero-order valence-corrected chi connectivity index (χ0v) is 10.5. The van der Waals surface area contributed by atoms with Gasteiger partial charge in [-0.3, -0.25) is 9.59 Å². The minimum absolute atomic E-state index is 0.0386. The van der Waals surface area contributed by atoms with Gasteiger partial charge in [0.25, 0.3) is 0 Å². The number of piperazine rings is 1. The van der Waals surface area contributed by atoms with Gasteiger partial charge >= 0.3 is 0 Å². The molecule has 0 spiro atoms. The van der Waals surface area contributed by atoms with Crippen molar-refractivity contribution in [3.8, 4) is 0 Å². The van der Waals surface area contributed by atoms with E-state index in [-0.39, 0.29) is 30.9 Å². The van der Waals surface area contributed by atoms with Crippen LogP contribution in [0, 0.1) is 5.92 Å². The van der Waals surface area contributed by atoms with Gasteiger partial charge in [-0.15, -0.1) is 0 Å². The Morgan fingerprint density at radius 2 is 1.94 bits per heavy atom. The quantitative estimate of drug-likeness (QED) is 0.764. The van der Waals surface area contributed by atoms with E-state index >= 15 is 0 Å². The fraction of sp³-hybridized carbons (Fsp3) is 0.833. The highest BCUT2D eigenvalue weighted by molar-refractivity contribution is 5.92. The van der Waals surface area contributed by atoms with E-state index in [0.717, 1.165) is 12.8 Å². The van der Waals surface area contributed by atoms with E-state index in [1.807, 2.05) is 6.92 Å². The summed E-state index contributed by atoms with van der Waals surface area (Å²) in [5, 5.41) is 2.56. The van der Waals surface area contributed by atoms with Crippen molar-refractivity contribution < 1.29 is 9.59 Å². The number of hydrogen-bond donors (Lipinski definition) is 1. The number of nitrogens with zero attached hydrogens (tertiary/aromatic N) is 1. The average molecular weight is 226 g/mol. The first-order valence-electron chi connectivity index (χ1n) is 6.07. The molecule has 1 fully saturated rings. The monoisotopic (exact) mass is 226 g/mol. The molecule has 2 amide bonds. The number of carbonyl (C=O) groups is 2.